The minimum absolute atomic E-state index is 0. The van der Waals surface area contributed by atoms with Gasteiger partial charge in [0.25, 0.3) is 0 Å². The molecule has 4 aliphatic heterocycles. The predicted molar refractivity (Wildman–Crippen MR) is 258 cm³/mol. The number of rotatable bonds is 11. The molecule has 4 heterocycles. The van der Waals surface area contributed by atoms with E-state index >= 15 is 0 Å². The molecule has 348 valence electrons. The van der Waals surface area contributed by atoms with Gasteiger partial charge in [-0.15, -0.1) is 0 Å². The topological polar surface area (TPSA) is 151 Å². The summed E-state index contributed by atoms with van der Waals surface area (Å²) >= 11 is 6.88. The van der Waals surface area contributed by atoms with Gasteiger partial charge >= 0.3 is 12.2 Å². The van der Waals surface area contributed by atoms with E-state index in [1.807, 2.05) is 123 Å². The van der Waals surface area contributed by atoms with E-state index in [1.165, 1.54) is 4.31 Å². The standard InChI is InChI=1S/C23H27BrN2O4S.C20H22BrNO3.C4H8O2S.CH4/c1-18(19-8-10-21(24)11-9-19)26-16-13-23(30-22(26)27,20-6-3-2-4-7-20)12-15-25-14-5-17-31(25,28)29;1-15(16-7-9-18(21)10-8-16)22-13-11-20(12-14-23,25-19(22)24)17-5-3-2-4-6-17;5-7(6)3-1-2-4-7;/h2-4,6-11,18H,5,12-17H2,1H3;2-10,15,23H,11-14H2,1H3;1-4H2;1H4/t18-,23+;15-,20-;;/m00../s1. The number of amides is 2. The van der Waals surface area contributed by atoms with E-state index in [4.69, 9.17) is 9.47 Å². The molecule has 16 heteroatoms. The summed E-state index contributed by atoms with van der Waals surface area (Å²) in [6.07, 6.45) is 3.82. The summed E-state index contributed by atoms with van der Waals surface area (Å²) in [5, 5.41) is 9.50. The van der Waals surface area contributed by atoms with Crippen molar-refractivity contribution in [2.24, 2.45) is 0 Å². The molecule has 4 aliphatic rings. The van der Waals surface area contributed by atoms with Crippen molar-refractivity contribution >= 4 is 63.9 Å². The summed E-state index contributed by atoms with van der Waals surface area (Å²) in [4.78, 5) is 29.4. The van der Waals surface area contributed by atoms with Crippen LogP contribution in [0.25, 0.3) is 0 Å². The van der Waals surface area contributed by atoms with Gasteiger partial charge in [-0.05, 0) is 79.6 Å². The number of cyclic esters (lactones) is 2. The van der Waals surface area contributed by atoms with Crippen LogP contribution in [0.5, 0.6) is 0 Å². The Hall–Kier alpha value is -3.80. The van der Waals surface area contributed by atoms with Crippen molar-refractivity contribution in [1.82, 2.24) is 14.1 Å². The largest absolute Gasteiger partial charge is 0.438 e. The highest BCUT2D eigenvalue weighted by atomic mass is 79.9. The summed E-state index contributed by atoms with van der Waals surface area (Å²) in [5.41, 5.74) is 2.38. The molecule has 0 saturated carbocycles. The molecule has 4 saturated heterocycles. The van der Waals surface area contributed by atoms with Gasteiger partial charge in [0.15, 0.2) is 0 Å². The number of benzene rings is 4. The first kappa shape index (κ1) is 51.2. The van der Waals surface area contributed by atoms with Crippen LogP contribution >= 0.6 is 31.9 Å². The molecule has 1 N–H and O–H groups in total. The van der Waals surface area contributed by atoms with Crippen LogP contribution in [0.4, 0.5) is 9.59 Å². The smallest absolute Gasteiger partial charge is 0.411 e. The second-order valence-electron chi connectivity index (χ2n) is 16.4. The first-order valence-electron chi connectivity index (χ1n) is 21.5. The zero-order chi connectivity index (χ0) is 45.3. The van der Waals surface area contributed by atoms with Crippen LogP contribution in [0, 0.1) is 0 Å². The summed E-state index contributed by atoms with van der Waals surface area (Å²) in [6, 6.07) is 35.1. The van der Waals surface area contributed by atoms with Gasteiger partial charge in [-0.1, -0.05) is 124 Å². The number of sulfone groups is 1. The molecule has 0 spiro atoms. The molecule has 0 aromatic heterocycles. The molecule has 4 atom stereocenters. The highest BCUT2D eigenvalue weighted by Gasteiger charge is 2.45. The van der Waals surface area contributed by atoms with Gasteiger partial charge < -0.3 is 24.4 Å². The maximum Gasteiger partial charge on any atom is 0.411 e. The van der Waals surface area contributed by atoms with E-state index in [2.05, 4.69) is 31.9 Å². The van der Waals surface area contributed by atoms with Gasteiger partial charge in [0.05, 0.1) is 29.3 Å². The Morgan fingerprint density at radius 2 is 1.03 bits per heavy atom. The third-order valence-electron chi connectivity index (χ3n) is 12.4. The first-order valence-corrected chi connectivity index (χ1v) is 26.5. The Morgan fingerprint density at radius 1 is 0.609 bits per heavy atom. The fourth-order valence-electron chi connectivity index (χ4n) is 8.59. The number of hydrogen-bond acceptors (Lipinski definition) is 9. The van der Waals surface area contributed by atoms with E-state index in [0.717, 1.165) is 44.0 Å². The molecule has 8 rings (SSSR count). The van der Waals surface area contributed by atoms with Crippen molar-refractivity contribution in [3.8, 4) is 0 Å². The predicted octanol–water partition coefficient (Wildman–Crippen LogP) is 10.1. The molecule has 4 aromatic rings. The van der Waals surface area contributed by atoms with Crippen molar-refractivity contribution in [3.05, 3.63) is 140 Å². The zero-order valence-corrected chi connectivity index (χ0v) is 40.6. The van der Waals surface area contributed by atoms with E-state index in [-0.39, 0.29) is 44.1 Å². The third kappa shape index (κ3) is 12.8. The summed E-state index contributed by atoms with van der Waals surface area (Å²) in [5.74, 6) is 1.05. The Balaban J connectivity index is 0.000000209. The van der Waals surface area contributed by atoms with Crippen molar-refractivity contribution in [3.63, 3.8) is 0 Å². The van der Waals surface area contributed by atoms with Gasteiger partial charge in [0.2, 0.25) is 10.0 Å². The van der Waals surface area contributed by atoms with Crippen LogP contribution in [-0.4, -0.2) is 98.3 Å². The SMILES string of the molecule is C.C[C@@H](c1ccc(Br)cc1)N1CC[C@](CCN2CCCS2(=O)=O)(c2ccccc2)OC1=O.C[C@@H](c1ccc(Br)cc1)N1CC[C@](CCO)(c2ccccc2)OC1=O.O=S1(=O)CCCC1. The van der Waals surface area contributed by atoms with Gasteiger partial charge in [-0.25, -0.2) is 30.7 Å². The van der Waals surface area contributed by atoms with Gasteiger partial charge in [0.1, 0.15) is 21.0 Å². The number of halogens is 2. The molecule has 4 aromatic carbocycles. The highest BCUT2D eigenvalue weighted by Crippen LogP contribution is 2.41. The monoisotopic (exact) mass is 1050 g/mol. The lowest BCUT2D eigenvalue weighted by atomic mass is 9.85. The summed E-state index contributed by atoms with van der Waals surface area (Å²) < 4.78 is 60.9. The number of nitrogens with zero attached hydrogens (tertiary/aromatic N) is 3. The third-order valence-corrected chi connectivity index (χ3v) is 17.3. The number of hydrogen-bond donors (Lipinski definition) is 1. The lowest BCUT2D eigenvalue weighted by Crippen LogP contribution is -2.50. The molecule has 2 amide bonds. The summed E-state index contributed by atoms with van der Waals surface area (Å²) in [6.45, 7) is 6.00. The van der Waals surface area contributed by atoms with Crippen LogP contribution in [0.1, 0.15) is 101 Å². The van der Waals surface area contributed by atoms with Crippen molar-refractivity contribution in [1.29, 1.82) is 0 Å². The summed E-state index contributed by atoms with van der Waals surface area (Å²) in [7, 11) is -5.74. The van der Waals surface area contributed by atoms with E-state index in [1.54, 1.807) is 9.80 Å². The van der Waals surface area contributed by atoms with Crippen LogP contribution in [-0.2, 0) is 40.5 Å². The van der Waals surface area contributed by atoms with Gasteiger partial charge in [-0.2, -0.15) is 0 Å². The normalized spacial score (nSPS) is 23.5. The van der Waals surface area contributed by atoms with Crippen LogP contribution in [0.15, 0.2) is 118 Å². The maximum absolute atomic E-state index is 13.2. The first-order chi connectivity index (χ1) is 30.1. The molecule has 12 nitrogen and oxygen atoms in total. The van der Waals surface area contributed by atoms with Crippen LogP contribution < -0.4 is 0 Å². The average molecular weight is 1050 g/mol. The van der Waals surface area contributed by atoms with E-state index < -0.39 is 31.1 Å². The van der Waals surface area contributed by atoms with Crippen molar-refractivity contribution < 1.29 is 41.0 Å². The molecule has 0 unspecified atom stereocenters. The lowest BCUT2D eigenvalue weighted by molar-refractivity contribution is -0.0719. The number of aliphatic hydroxyl groups is 1. The number of aliphatic hydroxyl groups excluding tert-OH is 1. The Morgan fingerprint density at radius 3 is 1.38 bits per heavy atom. The molecule has 64 heavy (non-hydrogen) atoms. The maximum atomic E-state index is 13.2. The molecule has 4 fully saturated rings. The van der Waals surface area contributed by atoms with Gasteiger partial charge in [0, 0.05) is 67.4 Å². The van der Waals surface area contributed by atoms with E-state index in [0.29, 0.717) is 69.8 Å². The minimum atomic E-state index is -3.20. The second-order valence-corrected chi connectivity index (χ2v) is 22.7. The molecule has 0 radical (unpaired) electrons. The van der Waals surface area contributed by atoms with Crippen LogP contribution in [0.3, 0.4) is 0 Å². The molecular weight excluding hydrogens is 986 g/mol. The average Bonchev–Trinajstić information content (AvgIpc) is 3.85. The fourth-order valence-corrected chi connectivity index (χ4v) is 12.1. The van der Waals surface area contributed by atoms with Crippen molar-refractivity contribution in [2.45, 2.75) is 89.5 Å². The molecular formula is C48H61Br2N3O9S2. The quantitative estimate of drug-likeness (QED) is 0.155. The molecule has 0 aliphatic carbocycles. The second kappa shape index (κ2) is 22.6. The van der Waals surface area contributed by atoms with Crippen molar-refractivity contribution in [2.75, 3.05) is 50.0 Å². The number of carbonyl (C=O) groups is 2. The lowest BCUT2D eigenvalue weighted by Gasteiger charge is -2.44. The minimum Gasteiger partial charge on any atom is -0.438 e. The fraction of sp³-hybridized carbons (Fsp3) is 0.458. The Labute approximate surface area is 396 Å². The van der Waals surface area contributed by atoms with Crippen LogP contribution in [0.2, 0.25) is 0 Å². The highest BCUT2D eigenvalue weighted by molar-refractivity contribution is 9.10. The Bertz CT molecular complexity index is 2350. The zero-order valence-electron chi connectivity index (χ0n) is 35.8. The number of sulfonamides is 1. The Kier molecular flexibility index (Phi) is 18.1. The number of carbonyl (C=O) groups excluding carboxylic acids is 2. The van der Waals surface area contributed by atoms with Gasteiger partial charge in [-0.3, -0.25) is 0 Å². The molecule has 0 bridgehead atoms. The van der Waals surface area contributed by atoms with E-state index in [9.17, 15) is 31.5 Å². The number of ether oxygens (including phenoxy) is 2.